The maximum Gasteiger partial charge on any atom is 0.269 e. The standard InChI is InChI=1S/C20H33N5O3.HI/c1-16(2)13-21-19(22-14-17-5-7-18(8-6-17)25(26)27)23-15-20(3,4)24-9-11-28-12-10-24;/h5-8,16H,9-15H2,1-4H3,(H2,21,22,23);1H. The van der Waals surface area contributed by atoms with Crippen LogP contribution in [0.1, 0.15) is 33.3 Å². The summed E-state index contributed by atoms with van der Waals surface area (Å²) in [6.45, 7) is 14.2. The Kier molecular flexibility index (Phi) is 10.8. The van der Waals surface area contributed by atoms with Gasteiger partial charge in [-0.2, -0.15) is 0 Å². The van der Waals surface area contributed by atoms with Crippen molar-refractivity contribution in [2.45, 2.75) is 39.8 Å². The summed E-state index contributed by atoms with van der Waals surface area (Å²) in [7, 11) is 0. The third-order valence-electron chi connectivity index (χ3n) is 4.80. The fraction of sp³-hybridized carbons (Fsp3) is 0.650. The molecular weight excluding hydrogens is 485 g/mol. The van der Waals surface area contributed by atoms with E-state index in [1.54, 1.807) is 12.1 Å². The highest BCUT2D eigenvalue weighted by Gasteiger charge is 2.28. The van der Waals surface area contributed by atoms with Gasteiger partial charge in [-0.15, -0.1) is 24.0 Å². The van der Waals surface area contributed by atoms with Crippen LogP contribution in [0.25, 0.3) is 0 Å². The van der Waals surface area contributed by atoms with E-state index in [0.717, 1.165) is 50.9 Å². The molecule has 29 heavy (non-hydrogen) atoms. The van der Waals surface area contributed by atoms with E-state index in [1.807, 2.05) is 0 Å². The van der Waals surface area contributed by atoms with Gasteiger partial charge < -0.3 is 15.4 Å². The molecule has 1 aromatic rings. The van der Waals surface area contributed by atoms with Crippen molar-refractivity contribution in [2.75, 3.05) is 39.4 Å². The molecule has 2 N–H and O–H groups in total. The van der Waals surface area contributed by atoms with Crippen molar-refractivity contribution >= 4 is 35.6 Å². The lowest BCUT2D eigenvalue weighted by Crippen LogP contribution is -2.56. The number of guanidine groups is 1. The Morgan fingerprint density at radius 3 is 2.41 bits per heavy atom. The van der Waals surface area contributed by atoms with E-state index < -0.39 is 4.92 Å². The van der Waals surface area contributed by atoms with Gasteiger partial charge in [0, 0.05) is 43.9 Å². The number of morpholine rings is 1. The van der Waals surface area contributed by atoms with Crippen molar-refractivity contribution < 1.29 is 9.66 Å². The lowest BCUT2D eigenvalue weighted by molar-refractivity contribution is -0.384. The van der Waals surface area contributed by atoms with Gasteiger partial charge in [0.2, 0.25) is 0 Å². The maximum absolute atomic E-state index is 10.8. The Morgan fingerprint density at radius 2 is 1.86 bits per heavy atom. The SMILES string of the molecule is CC(C)CNC(=NCc1ccc([N+](=O)[O-])cc1)NCC(C)(C)N1CCOCC1.I. The van der Waals surface area contributed by atoms with Gasteiger partial charge in [0.15, 0.2) is 5.96 Å². The van der Waals surface area contributed by atoms with Crippen LogP contribution in [0, 0.1) is 16.0 Å². The highest BCUT2D eigenvalue weighted by atomic mass is 127. The van der Waals surface area contributed by atoms with Crippen molar-refractivity contribution in [1.29, 1.82) is 0 Å². The van der Waals surface area contributed by atoms with Crippen LogP contribution in [0.3, 0.4) is 0 Å². The second-order valence-corrected chi connectivity index (χ2v) is 8.13. The van der Waals surface area contributed by atoms with E-state index in [0.29, 0.717) is 12.5 Å². The number of benzene rings is 1. The number of ether oxygens (including phenoxy) is 1. The van der Waals surface area contributed by atoms with E-state index >= 15 is 0 Å². The first-order valence-electron chi connectivity index (χ1n) is 9.86. The molecule has 0 unspecified atom stereocenters. The van der Waals surface area contributed by atoms with Crippen LogP contribution < -0.4 is 10.6 Å². The summed E-state index contributed by atoms with van der Waals surface area (Å²) in [6, 6.07) is 6.53. The molecule has 164 valence electrons. The average molecular weight is 519 g/mol. The molecule has 1 saturated heterocycles. The van der Waals surface area contributed by atoms with Gasteiger partial charge in [0.05, 0.1) is 24.7 Å². The second-order valence-electron chi connectivity index (χ2n) is 8.13. The van der Waals surface area contributed by atoms with Gasteiger partial charge in [-0.1, -0.05) is 26.0 Å². The monoisotopic (exact) mass is 519 g/mol. The topological polar surface area (TPSA) is 92.0 Å². The van der Waals surface area contributed by atoms with E-state index in [2.05, 4.69) is 48.2 Å². The quantitative estimate of drug-likeness (QED) is 0.181. The van der Waals surface area contributed by atoms with E-state index in [9.17, 15) is 10.1 Å². The summed E-state index contributed by atoms with van der Waals surface area (Å²) in [4.78, 5) is 17.5. The summed E-state index contributed by atoms with van der Waals surface area (Å²) >= 11 is 0. The Bertz CT molecular complexity index is 659. The third-order valence-corrected chi connectivity index (χ3v) is 4.80. The van der Waals surface area contributed by atoms with Crippen LogP contribution in [0.5, 0.6) is 0 Å². The number of hydrogen-bond acceptors (Lipinski definition) is 5. The fourth-order valence-corrected chi connectivity index (χ4v) is 2.95. The van der Waals surface area contributed by atoms with Crippen molar-refractivity contribution in [3.8, 4) is 0 Å². The average Bonchev–Trinajstić information content (AvgIpc) is 2.68. The van der Waals surface area contributed by atoms with Crippen LogP contribution in [-0.2, 0) is 11.3 Å². The minimum absolute atomic E-state index is 0. The van der Waals surface area contributed by atoms with Crippen molar-refractivity contribution in [1.82, 2.24) is 15.5 Å². The van der Waals surface area contributed by atoms with Crippen LogP contribution in [0.2, 0.25) is 0 Å². The number of nitrogens with one attached hydrogen (secondary N) is 2. The zero-order chi connectivity index (χ0) is 20.6. The first-order chi connectivity index (χ1) is 13.3. The molecule has 1 aromatic carbocycles. The highest BCUT2D eigenvalue weighted by molar-refractivity contribution is 14.0. The van der Waals surface area contributed by atoms with Crippen molar-refractivity contribution in [3.63, 3.8) is 0 Å². The molecule has 9 heteroatoms. The first-order valence-corrected chi connectivity index (χ1v) is 9.86. The maximum atomic E-state index is 10.8. The number of nitro groups is 1. The van der Waals surface area contributed by atoms with Crippen LogP contribution in [0.15, 0.2) is 29.3 Å². The van der Waals surface area contributed by atoms with Gasteiger partial charge in [-0.3, -0.25) is 15.0 Å². The first kappa shape index (κ1) is 25.6. The molecular formula is C20H34IN5O3. The van der Waals surface area contributed by atoms with Crippen molar-refractivity contribution in [2.24, 2.45) is 10.9 Å². The lowest BCUT2D eigenvalue weighted by Gasteiger charge is -2.41. The molecule has 0 radical (unpaired) electrons. The van der Waals surface area contributed by atoms with Crippen molar-refractivity contribution in [3.05, 3.63) is 39.9 Å². The summed E-state index contributed by atoms with van der Waals surface area (Å²) in [5, 5.41) is 17.6. The van der Waals surface area contributed by atoms with E-state index in [4.69, 9.17) is 4.74 Å². The Hall–Kier alpha value is -1.46. The summed E-state index contributed by atoms with van der Waals surface area (Å²) in [6.07, 6.45) is 0. The van der Waals surface area contributed by atoms with Gasteiger partial charge in [0.1, 0.15) is 0 Å². The molecule has 0 amide bonds. The molecule has 0 aliphatic carbocycles. The number of halogens is 1. The number of non-ortho nitro benzene ring substituents is 1. The number of nitro benzene ring substituents is 1. The van der Waals surface area contributed by atoms with Crippen LogP contribution >= 0.6 is 24.0 Å². The summed E-state index contributed by atoms with van der Waals surface area (Å²) in [5.74, 6) is 1.26. The third kappa shape index (κ3) is 8.83. The van der Waals surface area contributed by atoms with Gasteiger partial charge in [-0.25, -0.2) is 4.99 Å². The molecule has 0 atom stereocenters. The molecule has 1 fully saturated rings. The molecule has 1 heterocycles. The molecule has 0 bridgehead atoms. The normalized spacial score (nSPS) is 15.7. The number of rotatable bonds is 8. The highest BCUT2D eigenvalue weighted by Crippen LogP contribution is 2.15. The zero-order valence-corrected chi connectivity index (χ0v) is 20.1. The molecule has 8 nitrogen and oxygen atoms in total. The number of aliphatic imine (C=N–C) groups is 1. The van der Waals surface area contributed by atoms with Gasteiger partial charge in [-0.05, 0) is 25.3 Å². The smallest absolute Gasteiger partial charge is 0.269 e. The molecule has 0 spiro atoms. The predicted molar refractivity (Wildman–Crippen MR) is 127 cm³/mol. The number of nitrogens with zero attached hydrogens (tertiary/aromatic N) is 3. The number of hydrogen-bond donors (Lipinski definition) is 2. The molecule has 1 aliphatic heterocycles. The van der Waals surface area contributed by atoms with Gasteiger partial charge >= 0.3 is 0 Å². The molecule has 2 rings (SSSR count). The molecule has 0 aromatic heterocycles. The predicted octanol–water partition coefficient (Wildman–Crippen LogP) is 3.01. The summed E-state index contributed by atoms with van der Waals surface area (Å²) < 4.78 is 5.46. The molecule has 0 saturated carbocycles. The van der Waals surface area contributed by atoms with Gasteiger partial charge in [0.25, 0.3) is 5.69 Å². The summed E-state index contributed by atoms with van der Waals surface area (Å²) in [5.41, 5.74) is 1.01. The minimum Gasteiger partial charge on any atom is -0.379 e. The Morgan fingerprint density at radius 1 is 1.24 bits per heavy atom. The second kappa shape index (κ2) is 12.3. The van der Waals surface area contributed by atoms with Crippen LogP contribution in [0.4, 0.5) is 5.69 Å². The lowest BCUT2D eigenvalue weighted by atomic mass is 10.0. The Balaban J connectivity index is 0.00000420. The van der Waals surface area contributed by atoms with E-state index in [-0.39, 0.29) is 35.2 Å². The largest absolute Gasteiger partial charge is 0.379 e. The zero-order valence-electron chi connectivity index (χ0n) is 17.8. The Labute approximate surface area is 190 Å². The fourth-order valence-electron chi connectivity index (χ4n) is 2.95. The minimum atomic E-state index is -0.391. The van der Waals surface area contributed by atoms with Crippen LogP contribution in [-0.4, -0.2) is 60.7 Å². The molecule has 1 aliphatic rings. The van der Waals surface area contributed by atoms with E-state index in [1.165, 1.54) is 12.1 Å².